The molecule has 0 bridgehead atoms. The van der Waals surface area contributed by atoms with Crippen LogP contribution in [0.4, 0.5) is 0 Å². The van der Waals surface area contributed by atoms with Gasteiger partial charge in [-0.05, 0) is 17.5 Å². The van der Waals surface area contributed by atoms with Gasteiger partial charge < -0.3 is 24.8 Å². The molecule has 0 N–H and O–H groups in total. The van der Waals surface area contributed by atoms with Crippen LogP contribution in [-0.2, 0) is 22.9 Å². The second-order valence-electron chi connectivity index (χ2n) is 3.71. The van der Waals surface area contributed by atoms with Crippen LogP contribution in [0.3, 0.4) is 0 Å². The molecule has 0 amide bonds. The zero-order valence-corrected chi connectivity index (χ0v) is 13.4. The maximum Gasteiger partial charge on any atom is 2.00 e. The summed E-state index contributed by atoms with van der Waals surface area (Å²) in [4.78, 5) is 0. The average molecular weight is 344 g/mol. The Morgan fingerprint density at radius 3 is 1.72 bits per heavy atom. The SMILES string of the molecule is PC(Cc1ccccc1)c1ccccc1.[Cl-].[Cl-].[Ni+2]. The van der Waals surface area contributed by atoms with Crippen molar-refractivity contribution in [2.24, 2.45) is 0 Å². The van der Waals surface area contributed by atoms with Gasteiger partial charge in [0, 0.05) is 5.66 Å². The maximum absolute atomic E-state index is 2.92. The van der Waals surface area contributed by atoms with Gasteiger partial charge in [-0.15, -0.1) is 9.24 Å². The van der Waals surface area contributed by atoms with Crippen LogP contribution in [0.25, 0.3) is 0 Å². The molecule has 0 aromatic heterocycles. The predicted octanol–water partition coefficient (Wildman–Crippen LogP) is -2.15. The van der Waals surface area contributed by atoms with E-state index in [4.69, 9.17) is 0 Å². The van der Waals surface area contributed by atoms with Gasteiger partial charge in [0.25, 0.3) is 0 Å². The standard InChI is InChI=1S/C14H15P.2ClH.Ni/c15-14(13-9-5-2-6-10-13)11-12-7-3-1-4-8-12;;;/h1-10,14H,11,15H2;2*1H;/q;;;+2/p-2. The zero-order chi connectivity index (χ0) is 10.5. The van der Waals surface area contributed by atoms with Crippen LogP contribution < -0.4 is 24.8 Å². The molecule has 0 saturated heterocycles. The second kappa shape index (κ2) is 10.8. The molecule has 18 heavy (non-hydrogen) atoms. The molecule has 2 aromatic rings. The Bertz CT molecular complexity index is 409. The Hall–Kier alpha value is -0.0565. The summed E-state index contributed by atoms with van der Waals surface area (Å²) in [6.45, 7) is 0. The van der Waals surface area contributed by atoms with Crippen LogP contribution in [0.5, 0.6) is 0 Å². The van der Waals surface area contributed by atoms with E-state index in [0.717, 1.165) is 6.42 Å². The molecule has 2 aromatic carbocycles. The molecule has 0 aliphatic heterocycles. The van der Waals surface area contributed by atoms with Gasteiger partial charge in [0.05, 0.1) is 0 Å². The largest absolute Gasteiger partial charge is 2.00 e. The smallest absolute Gasteiger partial charge is 1.00 e. The summed E-state index contributed by atoms with van der Waals surface area (Å²) < 4.78 is 0. The van der Waals surface area contributed by atoms with Gasteiger partial charge in [0.2, 0.25) is 0 Å². The van der Waals surface area contributed by atoms with Gasteiger partial charge in [0.1, 0.15) is 0 Å². The number of hydrogen-bond acceptors (Lipinski definition) is 0. The summed E-state index contributed by atoms with van der Waals surface area (Å²) in [6, 6.07) is 21.2. The van der Waals surface area contributed by atoms with Gasteiger partial charge in [0.15, 0.2) is 0 Å². The van der Waals surface area contributed by atoms with E-state index in [1.165, 1.54) is 11.1 Å². The fourth-order valence-corrected chi connectivity index (χ4v) is 2.18. The molecular formula is C14H15Cl2NiP. The van der Waals surface area contributed by atoms with Crippen LogP contribution in [0, 0.1) is 0 Å². The fraction of sp³-hybridized carbons (Fsp3) is 0.143. The van der Waals surface area contributed by atoms with Gasteiger partial charge in [-0.1, -0.05) is 60.7 Å². The van der Waals surface area contributed by atoms with Gasteiger partial charge in [-0.25, -0.2) is 0 Å². The second-order valence-corrected chi connectivity index (χ2v) is 4.51. The van der Waals surface area contributed by atoms with Crippen molar-refractivity contribution in [1.82, 2.24) is 0 Å². The van der Waals surface area contributed by atoms with E-state index in [1.54, 1.807) is 0 Å². The fourth-order valence-electron chi connectivity index (χ4n) is 1.69. The number of hydrogen-bond donors (Lipinski definition) is 0. The van der Waals surface area contributed by atoms with E-state index in [0.29, 0.717) is 5.66 Å². The van der Waals surface area contributed by atoms with Crippen LogP contribution >= 0.6 is 9.24 Å². The molecule has 0 nitrogen and oxygen atoms in total. The first-order valence-electron chi connectivity index (χ1n) is 5.21. The van der Waals surface area contributed by atoms with Crippen molar-refractivity contribution in [3.8, 4) is 0 Å². The first-order valence-corrected chi connectivity index (χ1v) is 5.87. The number of rotatable bonds is 3. The van der Waals surface area contributed by atoms with Crippen molar-refractivity contribution < 1.29 is 41.3 Å². The molecular weight excluding hydrogens is 329 g/mol. The molecule has 2 rings (SSSR count). The summed E-state index contributed by atoms with van der Waals surface area (Å²) in [6.07, 6.45) is 1.08. The van der Waals surface area contributed by atoms with Crippen molar-refractivity contribution in [1.29, 1.82) is 0 Å². The first-order chi connectivity index (χ1) is 7.36. The van der Waals surface area contributed by atoms with Crippen LogP contribution in [0.2, 0.25) is 0 Å². The van der Waals surface area contributed by atoms with E-state index in [-0.39, 0.29) is 41.3 Å². The maximum atomic E-state index is 2.92. The molecule has 0 aliphatic carbocycles. The van der Waals surface area contributed by atoms with Crippen LogP contribution in [0.15, 0.2) is 60.7 Å². The third-order valence-corrected chi connectivity index (χ3v) is 3.15. The van der Waals surface area contributed by atoms with Crippen molar-refractivity contribution in [2.45, 2.75) is 12.1 Å². The molecule has 0 aliphatic rings. The normalized spacial score (nSPS) is 10.3. The average Bonchev–Trinajstić information content (AvgIpc) is 2.31. The summed E-state index contributed by atoms with van der Waals surface area (Å²) in [5, 5.41) is 0. The Morgan fingerprint density at radius 1 is 0.778 bits per heavy atom. The molecule has 2 unspecified atom stereocenters. The minimum atomic E-state index is 0. The third kappa shape index (κ3) is 6.21. The molecule has 0 saturated carbocycles. The van der Waals surface area contributed by atoms with Crippen molar-refractivity contribution in [2.75, 3.05) is 0 Å². The molecule has 4 heteroatoms. The van der Waals surface area contributed by atoms with Crippen LogP contribution in [-0.4, -0.2) is 0 Å². The van der Waals surface area contributed by atoms with Crippen molar-refractivity contribution in [3.63, 3.8) is 0 Å². The van der Waals surface area contributed by atoms with E-state index >= 15 is 0 Å². The molecule has 0 heterocycles. The predicted molar refractivity (Wildman–Crippen MR) is 69.0 cm³/mol. The zero-order valence-electron chi connectivity index (χ0n) is 9.71. The van der Waals surface area contributed by atoms with Crippen molar-refractivity contribution in [3.05, 3.63) is 71.8 Å². The van der Waals surface area contributed by atoms with E-state index in [9.17, 15) is 0 Å². The topological polar surface area (TPSA) is 0 Å². The Morgan fingerprint density at radius 2 is 1.22 bits per heavy atom. The minimum Gasteiger partial charge on any atom is -1.00 e. The Balaban J connectivity index is 0. The van der Waals surface area contributed by atoms with Crippen molar-refractivity contribution >= 4 is 9.24 Å². The molecule has 0 radical (unpaired) electrons. The molecule has 2 atom stereocenters. The number of halogens is 2. The Labute approximate surface area is 134 Å². The summed E-state index contributed by atoms with van der Waals surface area (Å²) in [5.74, 6) is 0. The third-order valence-electron chi connectivity index (χ3n) is 2.53. The minimum absolute atomic E-state index is 0. The number of benzene rings is 2. The van der Waals surface area contributed by atoms with E-state index in [2.05, 4.69) is 69.9 Å². The van der Waals surface area contributed by atoms with Gasteiger partial charge >= 0.3 is 16.5 Å². The molecule has 0 fully saturated rings. The summed E-state index contributed by atoms with van der Waals surface area (Å²) >= 11 is 0. The van der Waals surface area contributed by atoms with Gasteiger partial charge in [-0.2, -0.15) is 0 Å². The summed E-state index contributed by atoms with van der Waals surface area (Å²) in [7, 11) is 2.92. The van der Waals surface area contributed by atoms with Crippen LogP contribution in [0.1, 0.15) is 16.8 Å². The molecule has 0 spiro atoms. The quantitative estimate of drug-likeness (QED) is 0.440. The van der Waals surface area contributed by atoms with Gasteiger partial charge in [-0.3, -0.25) is 0 Å². The molecule has 100 valence electrons. The monoisotopic (exact) mass is 342 g/mol. The van der Waals surface area contributed by atoms with E-state index in [1.807, 2.05) is 0 Å². The van der Waals surface area contributed by atoms with E-state index < -0.39 is 0 Å². The summed E-state index contributed by atoms with van der Waals surface area (Å²) in [5.41, 5.74) is 3.28. The first kappa shape index (κ1) is 20.3. The Kier molecular flexibility index (Phi) is 12.2.